The molecule has 0 aromatic heterocycles. The fourth-order valence-electron chi connectivity index (χ4n) is 2.51. The number of amides is 2. The second kappa shape index (κ2) is 6.87. The summed E-state index contributed by atoms with van der Waals surface area (Å²) in [6.07, 6.45) is -0.148. The van der Waals surface area contributed by atoms with E-state index >= 15 is 0 Å². The third kappa shape index (κ3) is 3.93. The number of nitrogens with zero attached hydrogens (tertiary/aromatic N) is 1. The summed E-state index contributed by atoms with van der Waals surface area (Å²) in [7, 11) is 0. The van der Waals surface area contributed by atoms with Crippen LogP contribution in [0.4, 0.5) is 10.5 Å². The van der Waals surface area contributed by atoms with Crippen LogP contribution < -0.4 is 10.6 Å². The fraction of sp³-hybridized carbons (Fsp3) is 0.222. The van der Waals surface area contributed by atoms with Crippen LogP contribution in [0.1, 0.15) is 12.5 Å². The Morgan fingerprint density at radius 1 is 1.17 bits per heavy atom. The number of aryl methyl sites for hydroxylation is 1. The van der Waals surface area contributed by atoms with Gasteiger partial charge in [-0.2, -0.15) is 0 Å². The van der Waals surface area contributed by atoms with E-state index in [0.29, 0.717) is 0 Å². The Bertz CT molecular complexity index is 743. The molecule has 2 N–H and O–H groups in total. The minimum Gasteiger partial charge on any atom is -0.315 e. The number of hydrogen-bond donors (Lipinski definition) is 2. The third-order valence-electron chi connectivity index (χ3n) is 3.59. The Balaban J connectivity index is 1.79. The average Bonchev–Trinajstić information content (AvgIpc) is 2.93. The second-order valence-corrected chi connectivity index (χ2v) is 6.70. The molecular formula is C18H19N3OS. The first kappa shape index (κ1) is 15.6. The number of thioether (sulfide) groups is 1. The summed E-state index contributed by atoms with van der Waals surface area (Å²) in [4.78, 5) is 16.6. The Morgan fingerprint density at radius 2 is 1.96 bits per heavy atom. The maximum Gasteiger partial charge on any atom is 0.320 e. The highest BCUT2D eigenvalue weighted by atomic mass is 32.2. The normalized spacial score (nSPS) is 16.8. The number of hydrogen-bond acceptors (Lipinski definition) is 3. The van der Waals surface area contributed by atoms with Gasteiger partial charge in [0.2, 0.25) is 0 Å². The number of carbonyl (C=O) groups excluding carboxylic acids is 1. The van der Waals surface area contributed by atoms with Gasteiger partial charge in [0.05, 0.1) is 10.7 Å². The molecule has 4 nitrogen and oxygen atoms in total. The zero-order valence-corrected chi connectivity index (χ0v) is 14.0. The van der Waals surface area contributed by atoms with E-state index in [1.165, 1.54) is 0 Å². The average molecular weight is 325 g/mol. The molecule has 1 aliphatic heterocycles. The molecular weight excluding hydrogens is 306 g/mol. The van der Waals surface area contributed by atoms with E-state index in [0.717, 1.165) is 33.2 Å². The molecule has 0 saturated heterocycles. The van der Waals surface area contributed by atoms with Gasteiger partial charge in [-0.05, 0) is 31.0 Å². The molecule has 0 radical (unpaired) electrons. The Hall–Kier alpha value is -2.27. The fourth-order valence-corrected chi connectivity index (χ4v) is 3.27. The predicted molar refractivity (Wildman–Crippen MR) is 98.1 cm³/mol. The van der Waals surface area contributed by atoms with E-state index in [9.17, 15) is 4.79 Å². The Kier molecular flexibility index (Phi) is 4.67. The SMILES string of the molecule is CC1=N[C@@H](NC(=O)Nc2cc(C)ccc2-c2ccccc2)CS1. The second-order valence-electron chi connectivity index (χ2n) is 5.49. The van der Waals surface area contributed by atoms with Crippen molar-refractivity contribution < 1.29 is 4.79 Å². The lowest BCUT2D eigenvalue weighted by Crippen LogP contribution is -2.37. The zero-order chi connectivity index (χ0) is 16.2. The largest absolute Gasteiger partial charge is 0.320 e. The Labute approximate surface area is 140 Å². The first-order chi connectivity index (χ1) is 11.1. The minimum absolute atomic E-state index is 0.148. The monoisotopic (exact) mass is 325 g/mol. The van der Waals surface area contributed by atoms with Gasteiger partial charge in [0.25, 0.3) is 0 Å². The van der Waals surface area contributed by atoms with Crippen LogP contribution in [-0.2, 0) is 0 Å². The van der Waals surface area contributed by atoms with Crippen LogP contribution in [-0.4, -0.2) is 23.0 Å². The Morgan fingerprint density at radius 3 is 2.65 bits per heavy atom. The molecule has 5 heteroatoms. The summed E-state index contributed by atoms with van der Waals surface area (Å²) >= 11 is 1.66. The van der Waals surface area contributed by atoms with E-state index in [-0.39, 0.29) is 12.2 Å². The van der Waals surface area contributed by atoms with Crippen molar-refractivity contribution >= 4 is 28.5 Å². The number of benzene rings is 2. The van der Waals surface area contributed by atoms with Gasteiger partial charge in [0.15, 0.2) is 0 Å². The van der Waals surface area contributed by atoms with Crippen LogP contribution >= 0.6 is 11.8 Å². The van der Waals surface area contributed by atoms with Crippen molar-refractivity contribution in [1.82, 2.24) is 5.32 Å². The number of aliphatic imine (C=N–C) groups is 1. The van der Waals surface area contributed by atoms with Crippen LogP contribution in [0.5, 0.6) is 0 Å². The molecule has 0 fully saturated rings. The van der Waals surface area contributed by atoms with Crippen LogP contribution in [0.15, 0.2) is 53.5 Å². The number of nitrogens with one attached hydrogen (secondary N) is 2. The van der Waals surface area contributed by atoms with Gasteiger partial charge < -0.3 is 10.6 Å². The van der Waals surface area contributed by atoms with E-state index < -0.39 is 0 Å². The summed E-state index contributed by atoms with van der Waals surface area (Å²) in [5, 5.41) is 6.87. The summed E-state index contributed by atoms with van der Waals surface area (Å²) in [5.41, 5.74) is 3.99. The lowest BCUT2D eigenvalue weighted by atomic mass is 10.0. The lowest BCUT2D eigenvalue weighted by Gasteiger charge is -2.15. The maximum absolute atomic E-state index is 12.3. The predicted octanol–water partition coefficient (Wildman–Crippen LogP) is 4.27. The van der Waals surface area contributed by atoms with Gasteiger partial charge in [-0.1, -0.05) is 42.5 Å². The smallest absolute Gasteiger partial charge is 0.315 e. The molecule has 1 atom stereocenters. The molecule has 0 aliphatic carbocycles. The molecule has 2 aromatic rings. The summed E-state index contributed by atoms with van der Waals surface area (Å²) < 4.78 is 0. The topological polar surface area (TPSA) is 53.5 Å². The summed E-state index contributed by atoms with van der Waals surface area (Å²) in [5.74, 6) is 0.790. The standard InChI is InChI=1S/C18H19N3OS/c1-12-8-9-15(14-6-4-3-5-7-14)16(10-12)20-18(22)21-17-11-23-13(2)19-17/h3-10,17H,11H2,1-2H3,(H2,20,21,22)/t17-/m0/s1. The van der Waals surface area contributed by atoms with Gasteiger partial charge in [-0.15, -0.1) is 11.8 Å². The van der Waals surface area contributed by atoms with Crippen molar-refractivity contribution in [2.75, 3.05) is 11.1 Å². The van der Waals surface area contributed by atoms with E-state index in [2.05, 4.69) is 15.6 Å². The molecule has 2 amide bonds. The third-order valence-corrected chi connectivity index (χ3v) is 4.60. The van der Waals surface area contributed by atoms with Gasteiger partial charge in [-0.3, -0.25) is 4.99 Å². The van der Waals surface area contributed by atoms with Crippen LogP contribution in [0.3, 0.4) is 0 Å². The van der Waals surface area contributed by atoms with Gasteiger partial charge in [0, 0.05) is 11.3 Å². The van der Waals surface area contributed by atoms with E-state index in [1.807, 2.05) is 62.4 Å². The van der Waals surface area contributed by atoms with E-state index in [1.54, 1.807) is 11.8 Å². The molecule has 0 bridgehead atoms. The molecule has 1 aliphatic rings. The van der Waals surface area contributed by atoms with E-state index in [4.69, 9.17) is 0 Å². The van der Waals surface area contributed by atoms with Crippen LogP contribution in [0, 0.1) is 6.92 Å². The lowest BCUT2D eigenvalue weighted by molar-refractivity contribution is 0.250. The van der Waals surface area contributed by atoms with Crippen molar-refractivity contribution in [2.24, 2.45) is 4.99 Å². The highest BCUT2D eigenvalue weighted by Crippen LogP contribution is 2.29. The van der Waals surface area contributed by atoms with Crippen LogP contribution in [0.25, 0.3) is 11.1 Å². The molecule has 2 aromatic carbocycles. The first-order valence-electron chi connectivity index (χ1n) is 7.52. The van der Waals surface area contributed by atoms with Gasteiger partial charge >= 0.3 is 6.03 Å². The summed E-state index contributed by atoms with van der Waals surface area (Å²) in [6.45, 7) is 3.97. The molecule has 0 unspecified atom stereocenters. The van der Waals surface area contributed by atoms with Crippen molar-refractivity contribution in [3.05, 3.63) is 54.1 Å². The highest BCUT2D eigenvalue weighted by Gasteiger charge is 2.18. The maximum atomic E-state index is 12.3. The molecule has 3 rings (SSSR count). The number of rotatable bonds is 3. The number of anilines is 1. The molecule has 118 valence electrons. The van der Waals surface area contributed by atoms with Gasteiger partial charge in [-0.25, -0.2) is 4.79 Å². The van der Waals surface area contributed by atoms with Crippen molar-refractivity contribution in [3.8, 4) is 11.1 Å². The van der Waals surface area contributed by atoms with Crippen LogP contribution in [0.2, 0.25) is 0 Å². The van der Waals surface area contributed by atoms with Gasteiger partial charge in [0.1, 0.15) is 6.17 Å². The quantitative estimate of drug-likeness (QED) is 0.885. The van der Waals surface area contributed by atoms with Crippen molar-refractivity contribution in [3.63, 3.8) is 0 Å². The zero-order valence-electron chi connectivity index (χ0n) is 13.2. The number of carbonyl (C=O) groups is 1. The minimum atomic E-state index is -0.225. The number of urea groups is 1. The molecule has 23 heavy (non-hydrogen) atoms. The van der Waals surface area contributed by atoms with Crippen molar-refractivity contribution in [1.29, 1.82) is 0 Å². The molecule has 0 saturated carbocycles. The first-order valence-corrected chi connectivity index (χ1v) is 8.51. The summed E-state index contributed by atoms with van der Waals surface area (Å²) in [6, 6.07) is 15.9. The molecule has 1 heterocycles. The van der Waals surface area contributed by atoms with Crippen molar-refractivity contribution in [2.45, 2.75) is 20.0 Å². The molecule has 0 spiro atoms. The highest BCUT2D eigenvalue weighted by molar-refractivity contribution is 8.14.